The van der Waals surface area contributed by atoms with Gasteiger partial charge < -0.3 is 15.4 Å². The molecule has 0 heterocycles. The third kappa shape index (κ3) is 6.86. The quantitative estimate of drug-likeness (QED) is 0.603. The minimum Gasteiger partial charge on any atom is -0.383 e. The highest BCUT2D eigenvalue weighted by molar-refractivity contribution is 5.78. The summed E-state index contributed by atoms with van der Waals surface area (Å²) in [4.78, 5) is 11.3. The molecule has 84 valence electrons. The minimum absolute atomic E-state index is 0.0438. The molecule has 1 unspecified atom stereocenters. The molecule has 0 aromatic rings. The smallest absolute Gasteiger partial charge is 0.234 e. The largest absolute Gasteiger partial charge is 0.383 e. The average Bonchev–Trinajstić information content (AvgIpc) is 2.15. The molecular weight excluding hydrogens is 180 g/mol. The van der Waals surface area contributed by atoms with Gasteiger partial charge in [0.15, 0.2) is 0 Å². The Bertz CT molecular complexity index is 145. The number of carbonyl (C=O) groups is 1. The molecule has 0 saturated carbocycles. The standard InChI is InChI=1S/C10H22N2O2/c1-4-6-9(8-14-3)12-10(13)7-11-5-2/h9,11H,4-8H2,1-3H3,(H,12,13). The van der Waals surface area contributed by atoms with Gasteiger partial charge in [-0.05, 0) is 13.0 Å². The summed E-state index contributed by atoms with van der Waals surface area (Å²) in [6, 6.07) is 0.149. The van der Waals surface area contributed by atoms with Gasteiger partial charge in [-0.3, -0.25) is 4.79 Å². The third-order valence-electron chi connectivity index (χ3n) is 1.91. The first-order chi connectivity index (χ1) is 6.74. The molecule has 1 atom stereocenters. The molecule has 0 aliphatic heterocycles. The Morgan fingerprint density at radius 1 is 1.43 bits per heavy atom. The van der Waals surface area contributed by atoms with E-state index in [1.54, 1.807) is 7.11 Å². The van der Waals surface area contributed by atoms with E-state index < -0.39 is 0 Å². The Morgan fingerprint density at radius 2 is 2.14 bits per heavy atom. The van der Waals surface area contributed by atoms with Gasteiger partial charge in [0.05, 0.1) is 19.2 Å². The summed E-state index contributed by atoms with van der Waals surface area (Å²) in [7, 11) is 1.65. The number of nitrogens with one attached hydrogen (secondary N) is 2. The van der Waals surface area contributed by atoms with Crippen molar-refractivity contribution in [2.75, 3.05) is 26.8 Å². The van der Waals surface area contributed by atoms with Crippen LogP contribution in [-0.2, 0) is 9.53 Å². The van der Waals surface area contributed by atoms with E-state index in [1.807, 2.05) is 6.92 Å². The van der Waals surface area contributed by atoms with Crippen molar-refractivity contribution in [2.24, 2.45) is 0 Å². The second-order valence-electron chi connectivity index (χ2n) is 3.29. The van der Waals surface area contributed by atoms with Crippen LogP contribution in [0.1, 0.15) is 26.7 Å². The van der Waals surface area contributed by atoms with Gasteiger partial charge in [-0.1, -0.05) is 20.3 Å². The lowest BCUT2D eigenvalue weighted by atomic mass is 10.2. The number of hydrogen-bond donors (Lipinski definition) is 2. The highest BCUT2D eigenvalue weighted by Gasteiger charge is 2.10. The van der Waals surface area contributed by atoms with Gasteiger partial charge >= 0.3 is 0 Å². The number of ether oxygens (including phenoxy) is 1. The highest BCUT2D eigenvalue weighted by atomic mass is 16.5. The van der Waals surface area contributed by atoms with Crippen molar-refractivity contribution in [1.82, 2.24) is 10.6 Å². The summed E-state index contributed by atoms with van der Waals surface area (Å²) < 4.78 is 5.03. The maximum absolute atomic E-state index is 11.3. The Hall–Kier alpha value is -0.610. The van der Waals surface area contributed by atoms with Gasteiger partial charge in [0, 0.05) is 7.11 Å². The predicted octanol–water partition coefficient (Wildman–Crippen LogP) is 0.527. The highest BCUT2D eigenvalue weighted by Crippen LogP contribution is 1.96. The minimum atomic E-state index is 0.0438. The summed E-state index contributed by atoms with van der Waals surface area (Å²) >= 11 is 0. The lowest BCUT2D eigenvalue weighted by molar-refractivity contribution is -0.121. The molecule has 1 amide bonds. The molecule has 0 saturated heterocycles. The molecule has 0 aliphatic rings. The predicted molar refractivity (Wildman–Crippen MR) is 57.3 cm³/mol. The van der Waals surface area contributed by atoms with Crippen LogP contribution in [0.15, 0.2) is 0 Å². The maximum atomic E-state index is 11.3. The Labute approximate surface area is 86.4 Å². The van der Waals surface area contributed by atoms with Crippen molar-refractivity contribution in [3.63, 3.8) is 0 Å². The third-order valence-corrected chi connectivity index (χ3v) is 1.91. The second kappa shape index (κ2) is 8.97. The second-order valence-corrected chi connectivity index (χ2v) is 3.29. The van der Waals surface area contributed by atoms with E-state index >= 15 is 0 Å². The van der Waals surface area contributed by atoms with Crippen LogP contribution in [0.5, 0.6) is 0 Å². The fraction of sp³-hybridized carbons (Fsp3) is 0.900. The Kier molecular flexibility index (Phi) is 8.57. The van der Waals surface area contributed by atoms with Crippen molar-refractivity contribution in [2.45, 2.75) is 32.7 Å². The molecule has 0 rings (SSSR count). The first-order valence-electron chi connectivity index (χ1n) is 5.23. The van der Waals surface area contributed by atoms with Crippen molar-refractivity contribution in [1.29, 1.82) is 0 Å². The molecule has 4 heteroatoms. The fourth-order valence-electron chi connectivity index (χ4n) is 1.26. The van der Waals surface area contributed by atoms with Gasteiger partial charge in [-0.15, -0.1) is 0 Å². The summed E-state index contributed by atoms with van der Waals surface area (Å²) in [6.45, 7) is 5.87. The van der Waals surface area contributed by atoms with Crippen molar-refractivity contribution >= 4 is 5.91 Å². The van der Waals surface area contributed by atoms with Gasteiger partial charge in [0.1, 0.15) is 0 Å². The number of methoxy groups -OCH3 is 1. The molecule has 4 nitrogen and oxygen atoms in total. The van der Waals surface area contributed by atoms with E-state index in [1.165, 1.54) is 0 Å². The van der Waals surface area contributed by atoms with E-state index in [2.05, 4.69) is 17.6 Å². The van der Waals surface area contributed by atoms with E-state index in [-0.39, 0.29) is 11.9 Å². The summed E-state index contributed by atoms with van der Waals surface area (Å²) in [5, 5.41) is 5.91. The van der Waals surface area contributed by atoms with Gasteiger partial charge in [0.25, 0.3) is 0 Å². The van der Waals surface area contributed by atoms with Gasteiger partial charge in [0.2, 0.25) is 5.91 Å². The molecule has 0 radical (unpaired) electrons. The first kappa shape index (κ1) is 13.4. The monoisotopic (exact) mass is 202 g/mol. The topological polar surface area (TPSA) is 50.4 Å². The van der Waals surface area contributed by atoms with Crippen molar-refractivity contribution < 1.29 is 9.53 Å². The van der Waals surface area contributed by atoms with Crippen LogP contribution >= 0.6 is 0 Å². The van der Waals surface area contributed by atoms with Crippen LogP contribution in [0, 0.1) is 0 Å². The summed E-state index contributed by atoms with van der Waals surface area (Å²) in [6.07, 6.45) is 2.02. The summed E-state index contributed by atoms with van der Waals surface area (Å²) in [5.74, 6) is 0.0438. The van der Waals surface area contributed by atoms with Crippen LogP contribution in [0.2, 0.25) is 0 Å². The van der Waals surface area contributed by atoms with E-state index in [0.29, 0.717) is 13.2 Å². The van der Waals surface area contributed by atoms with Crippen molar-refractivity contribution in [3.05, 3.63) is 0 Å². The zero-order valence-electron chi connectivity index (χ0n) is 9.43. The van der Waals surface area contributed by atoms with E-state index in [9.17, 15) is 4.79 Å². The normalized spacial score (nSPS) is 12.5. The number of amides is 1. The number of carbonyl (C=O) groups excluding carboxylic acids is 1. The fourth-order valence-corrected chi connectivity index (χ4v) is 1.26. The molecule has 14 heavy (non-hydrogen) atoms. The Balaban J connectivity index is 3.71. The lowest BCUT2D eigenvalue weighted by Gasteiger charge is -2.17. The van der Waals surface area contributed by atoms with E-state index in [4.69, 9.17) is 4.74 Å². The van der Waals surface area contributed by atoms with Gasteiger partial charge in [-0.2, -0.15) is 0 Å². The van der Waals surface area contributed by atoms with E-state index in [0.717, 1.165) is 19.4 Å². The molecule has 0 spiro atoms. The van der Waals surface area contributed by atoms with Crippen LogP contribution in [0.25, 0.3) is 0 Å². The molecule has 0 aromatic carbocycles. The Morgan fingerprint density at radius 3 is 2.64 bits per heavy atom. The number of hydrogen-bond acceptors (Lipinski definition) is 3. The molecule has 0 fully saturated rings. The SMILES string of the molecule is CCCC(COC)NC(=O)CNCC. The molecule has 0 aromatic heterocycles. The molecule has 0 bridgehead atoms. The lowest BCUT2D eigenvalue weighted by Crippen LogP contribution is -2.42. The zero-order chi connectivity index (χ0) is 10.8. The zero-order valence-corrected chi connectivity index (χ0v) is 9.43. The average molecular weight is 202 g/mol. The van der Waals surface area contributed by atoms with Crippen LogP contribution in [-0.4, -0.2) is 38.8 Å². The maximum Gasteiger partial charge on any atom is 0.234 e. The molecule has 0 aliphatic carbocycles. The molecular formula is C10H22N2O2. The van der Waals surface area contributed by atoms with Crippen LogP contribution in [0.4, 0.5) is 0 Å². The number of likely N-dealkylation sites (N-methyl/N-ethyl adjacent to an activating group) is 1. The van der Waals surface area contributed by atoms with Crippen LogP contribution in [0.3, 0.4) is 0 Å². The summed E-state index contributed by atoms with van der Waals surface area (Å²) in [5.41, 5.74) is 0. The van der Waals surface area contributed by atoms with Crippen molar-refractivity contribution in [3.8, 4) is 0 Å². The van der Waals surface area contributed by atoms with Crippen LogP contribution < -0.4 is 10.6 Å². The molecule has 2 N–H and O–H groups in total. The first-order valence-corrected chi connectivity index (χ1v) is 5.23. The number of rotatable bonds is 8. The van der Waals surface area contributed by atoms with Gasteiger partial charge in [-0.25, -0.2) is 0 Å².